The van der Waals surface area contributed by atoms with Gasteiger partial charge in [0, 0.05) is 36.8 Å². The number of amides is 1. The molecular weight excluding hydrogens is 384 g/mol. The summed E-state index contributed by atoms with van der Waals surface area (Å²) in [4.78, 5) is 15.0. The van der Waals surface area contributed by atoms with Crippen molar-refractivity contribution in [2.45, 2.75) is 33.1 Å². The Balaban J connectivity index is 1.52. The summed E-state index contributed by atoms with van der Waals surface area (Å²) in [6.07, 6.45) is -0.550. The summed E-state index contributed by atoms with van der Waals surface area (Å²) in [5, 5.41) is 2.99. The number of nitrogens with one attached hydrogen (secondary N) is 1. The predicted molar refractivity (Wildman–Crippen MR) is 120 cm³/mol. The molecule has 2 aromatic carbocycles. The maximum atomic E-state index is 12.5. The van der Waals surface area contributed by atoms with Crippen LogP contribution in [0.25, 0.3) is 0 Å². The average Bonchev–Trinajstić information content (AvgIpc) is 2.74. The van der Waals surface area contributed by atoms with Crippen LogP contribution in [0.4, 0.5) is 5.69 Å². The molecule has 1 heterocycles. The highest BCUT2D eigenvalue weighted by Crippen LogP contribution is 2.20. The van der Waals surface area contributed by atoms with Gasteiger partial charge in [0.15, 0.2) is 0 Å². The summed E-state index contributed by atoms with van der Waals surface area (Å²) >= 11 is 2.02. The molecule has 29 heavy (non-hydrogen) atoms. The van der Waals surface area contributed by atoms with Crippen LogP contribution in [0.2, 0.25) is 0 Å². The zero-order valence-electron chi connectivity index (χ0n) is 17.4. The van der Waals surface area contributed by atoms with Crippen LogP contribution in [0.1, 0.15) is 23.6 Å². The second-order valence-electron chi connectivity index (χ2n) is 7.33. The lowest BCUT2D eigenvalue weighted by atomic mass is 10.1. The van der Waals surface area contributed by atoms with Gasteiger partial charge >= 0.3 is 0 Å². The first-order chi connectivity index (χ1) is 14.0. The van der Waals surface area contributed by atoms with Gasteiger partial charge in [0.1, 0.15) is 11.9 Å². The SMILES string of the molecule is COc1cccc(COC(C)C(=O)Nc2ccc(CN3CCSCC3)cc2C)c1. The molecule has 1 unspecified atom stereocenters. The van der Waals surface area contributed by atoms with Crippen molar-refractivity contribution in [3.8, 4) is 5.75 Å². The largest absolute Gasteiger partial charge is 0.497 e. The topological polar surface area (TPSA) is 50.8 Å². The number of thioether (sulfide) groups is 1. The molecule has 5 nitrogen and oxygen atoms in total. The van der Waals surface area contributed by atoms with E-state index >= 15 is 0 Å². The molecule has 1 atom stereocenters. The van der Waals surface area contributed by atoms with Gasteiger partial charge in [-0.05, 0) is 48.7 Å². The van der Waals surface area contributed by atoms with Gasteiger partial charge in [-0.3, -0.25) is 9.69 Å². The minimum atomic E-state index is -0.550. The van der Waals surface area contributed by atoms with E-state index in [0.29, 0.717) is 6.61 Å². The molecule has 0 spiro atoms. The van der Waals surface area contributed by atoms with Gasteiger partial charge < -0.3 is 14.8 Å². The van der Waals surface area contributed by atoms with Crippen LogP contribution in [0.15, 0.2) is 42.5 Å². The van der Waals surface area contributed by atoms with E-state index in [1.165, 1.54) is 17.1 Å². The summed E-state index contributed by atoms with van der Waals surface area (Å²) < 4.78 is 11.0. The van der Waals surface area contributed by atoms with Gasteiger partial charge in [0.25, 0.3) is 5.91 Å². The summed E-state index contributed by atoms with van der Waals surface area (Å²) in [7, 11) is 1.63. The zero-order valence-corrected chi connectivity index (χ0v) is 18.3. The third kappa shape index (κ3) is 6.49. The van der Waals surface area contributed by atoms with Gasteiger partial charge in [-0.2, -0.15) is 11.8 Å². The van der Waals surface area contributed by atoms with Crippen LogP contribution in [0.5, 0.6) is 5.75 Å². The van der Waals surface area contributed by atoms with Crippen molar-refractivity contribution in [1.82, 2.24) is 4.90 Å². The molecular formula is C23H30N2O3S. The molecule has 0 aromatic heterocycles. The molecule has 6 heteroatoms. The van der Waals surface area contributed by atoms with E-state index in [0.717, 1.165) is 42.2 Å². The number of nitrogens with zero attached hydrogens (tertiary/aromatic N) is 1. The lowest BCUT2D eigenvalue weighted by molar-refractivity contribution is -0.127. The van der Waals surface area contributed by atoms with E-state index < -0.39 is 6.10 Å². The number of hydrogen-bond acceptors (Lipinski definition) is 5. The summed E-state index contributed by atoms with van der Waals surface area (Å²) in [6.45, 7) is 7.42. The molecule has 156 valence electrons. The quantitative estimate of drug-likeness (QED) is 0.705. The highest BCUT2D eigenvalue weighted by molar-refractivity contribution is 7.99. The number of carbonyl (C=O) groups excluding carboxylic acids is 1. The van der Waals surface area contributed by atoms with E-state index in [9.17, 15) is 4.79 Å². The number of methoxy groups -OCH3 is 1. The molecule has 3 rings (SSSR count). The smallest absolute Gasteiger partial charge is 0.253 e. The average molecular weight is 415 g/mol. The molecule has 2 aromatic rings. The van der Waals surface area contributed by atoms with Crippen LogP contribution >= 0.6 is 11.8 Å². The number of benzene rings is 2. The molecule has 0 radical (unpaired) electrons. The van der Waals surface area contributed by atoms with Gasteiger partial charge in [0.2, 0.25) is 0 Å². The Morgan fingerprint density at radius 1 is 1.17 bits per heavy atom. The van der Waals surface area contributed by atoms with Crippen LogP contribution in [-0.4, -0.2) is 48.6 Å². The first kappa shape index (κ1) is 21.7. The normalized spacial score (nSPS) is 15.7. The van der Waals surface area contributed by atoms with Gasteiger partial charge in [-0.25, -0.2) is 0 Å². The molecule has 1 saturated heterocycles. The second kappa shape index (κ2) is 10.7. The van der Waals surface area contributed by atoms with E-state index in [-0.39, 0.29) is 5.91 Å². The van der Waals surface area contributed by atoms with Crippen LogP contribution in [0.3, 0.4) is 0 Å². The van der Waals surface area contributed by atoms with Crippen molar-refractivity contribution in [1.29, 1.82) is 0 Å². The number of rotatable bonds is 8. The molecule has 0 aliphatic carbocycles. The van der Waals surface area contributed by atoms with Crippen LogP contribution in [-0.2, 0) is 22.7 Å². The van der Waals surface area contributed by atoms with E-state index in [1.54, 1.807) is 14.0 Å². The molecule has 1 N–H and O–H groups in total. The summed E-state index contributed by atoms with van der Waals surface area (Å²) in [5.74, 6) is 3.06. The lowest BCUT2D eigenvalue weighted by Gasteiger charge is -2.26. The Hall–Kier alpha value is -2.02. The fraction of sp³-hybridized carbons (Fsp3) is 0.435. The molecule has 1 aliphatic heterocycles. The van der Waals surface area contributed by atoms with Crippen molar-refractivity contribution in [3.63, 3.8) is 0 Å². The number of hydrogen-bond donors (Lipinski definition) is 1. The summed E-state index contributed by atoms with van der Waals surface area (Å²) in [5.41, 5.74) is 4.17. The van der Waals surface area contributed by atoms with Crippen molar-refractivity contribution in [2.24, 2.45) is 0 Å². The van der Waals surface area contributed by atoms with E-state index in [4.69, 9.17) is 9.47 Å². The highest BCUT2D eigenvalue weighted by Gasteiger charge is 2.16. The third-order valence-corrected chi connectivity index (χ3v) is 6.00. The highest BCUT2D eigenvalue weighted by atomic mass is 32.2. The first-order valence-electron chi connectivity index (χ1n) is 10.00. The van der Waals surface area contributed by atoms with Gasteiger partial charge in [-0.1, -0.05) is 24.3 Å². The third-order valence-electron chi connectivity index (χ3n) is 5.06. The van der Waals surface area contributed by atoms with E-state index in [1.807, 2.05) is 49.0 Å². The first-order valence-corrected chi connectivity index (χ1v) is 11.2. The maximum Gasteiger partial charge on any atom is 0.253 e. The number of carbonyl (C=O) groups is 1. The second-order valence-corrected chi connectivity index (χ2v) is 8.56. The van der Waals surface area contributed by atoms with Crippen molar-refractivity contribution < 1.29 is 14.3 Å². The number of aryl methyl sites for hydroxylation is 1. The Morgan fingerprint density at radius 3 is 2.69 bits per heavy atom. The molecule has 1 aliphatic rings. The van der Waals surface area contributed by atoms with Gasteiger partial charge in [-0.15, -0.1) is 0 Å². The standard InChI is InChI=1S/C23H30N2O3S/c1-17-13-19(15-25-9-11-29-12-10-25)7-8-22(17)24-23(26)18(2)28-16-20-5-4-6-21(14-20)27-3/h4-8,13-14,18H,9-12,15-16H2,1-3H3,(H,24,26). The Morgan fingerprint density at radius 2 is 1.97 bits per heavy atom. The minimum absolute atomic E-state index is 0.142. The monoisotopic (exact) mass is 414 g/mol. The maximum absolute atomic E-state index is 12.5. The molecule has 0 bridgehead atoms. The summed E-state index contributed by atoms with van der Waals surface area (Å²) in [6, 6.07) is 13.9. The van der Waals surface area contributed by atoms with Crippen molar-refractivity contribution in [2.75, 3.05) is 37.0 Å². The Labute approximate surface area is 177 Å². The molecule has 0 saturated carbocycles. The Bertz CT molecular complexity index is 822. The van der Waals surface area contributed by atoms with Crippen LogP contribution < -0.4 is 10.1 Å². The Kier molecular flexibility index (Phi) is 7.98. The van der Waals surface area contributed by atoms with Crippen LogP contribution in [0, 0.1) is 6.92 Å². The lowest BCUT2D eigenvalue weighted by Crippen LogP contribution is -2.32. The molecule has 1 fully saturated rings. The fourth-order valence-electron chi connectivity index (χ4n) is 3.28. The predicted octanol–water partition coefficient (Wildman–Crippen LogP) is 4.10. The van der Waals surface area contributed by atoms with Gasteiger partial charge in [0.05, 0.1) is 13.7 Å². The van der Waals surface area contributed by atoms with Crippen molar-refractivity contribution >= 4 is 23.4 Å². The number of ether oxygens (including phenoxy) is 2. The minimum Gasteiger partial charge on any atom is -0.497 e. The fourth-order valence-corrected chi connectivity index (χ4v) is 4.25. The van der Waals surface area contributed by atoms with Crippen molar-refractivity contribution in [3.05, 3.63) is 59.2 Å². The molecule has 1 amide bonds. The zero-order chi connectivity index (χ0) is 20.6. The number of anilines is 1. The van der Waals surface area contributed by atoms with E-state index in [2.05, 4.69) is 22.3 Å².